The molecule has 14 heavy (non-hydrogen) atoms. The van der Waals surface area contributed by atoms with Crippen LogP contribution >= 0.6 is 0 Å². The van der Waals surface area contributed by atoms with Crippen molar-refractivity contribution in [2.45, 2.75) is 6.04 Å². The zero-order chi connectivity index (χ0) is 10.6. The number of hydrogen-bond acceptors (Lipinski definition) is 4. The number of nitrogens with zero attached hydrogens (tertiary/aromatic N) is 1. The quantitative estimate of drug-likeness (QED) is 0.423. The lowest BCUT2D eigenvalue weighted by Crippen LogP contribution is -2.17. The Bertz CT molecular complexity index is 340. The summed E-state index contributed by atoms with van der Waals surface area (Å²) in [4.78, 5) is 9.98. The van der Waals surface area contributed by atoms with Crippen LogP contribution in [-0.4, -0.2) is 19.4 Å². The Kier molecular flexibility index (Phi) is 3.73. The van der Waals surface area contributed by atoms with Crippen molar-refractivity contribution in [3.63, 3.8) is 0 Å². The minimum absolute atomic E-state index is 0.404. The van der Waals surface area contributed by atoms with E-state index in [9.17, 15) is 18.9 Å². The smallest absolute Gasteiger partial charge is 0.248 e. The maximum absolute atomic E-state index is 10.6. The van der Waals surface area contributed by atoms with Gasteiger partial charge in [-0.1, -0.05) is 30.3 Å². The summed E-state index contributed by atoms with van der Waals surface area (Å²) >= 11 is -2.41. The van der Waals surface area contributed by atoms with Gasteiger partial charge in [0.05, 0.1) is 5.75 Å². The summed E-state index contributed by atoms with van der Waals surface area (Å²) in [5.41, 5.74) is 0.404. The van der Waals surface area contributed by atoms with E-state index in [1.165, 1.54) is 0 Å². The van der Waals surface area contributed by atoms with Crippen molar-refractivity contribution in [1.82, 2.24) is 0 Å². The molecule has 0 bridgehead atoms. The first-order valence-electron chi connectivity index (χ1n) is 3.85. The molecule has 6 heteroatoms. The van der Waals surface area contributed by atoms with Crippen LogP contribution in [0.25, 0.3) is 0 Å². The number of benzene rings is 1. The summed E-state index contributed by atoms with van der Waals surface area (Å²) in [6.45, 7) is 0. The Hall–Kier alpha value is -1.27. The van der Waals surface area contributed by atoms with Crippen molar-refractivity contribution in [3.8, 4) is 0 Å². The summed E-state index contributed by atoms with van der Waals surface area (Å²) in [6, 6.07) is 6.91. The molecule has 0 aromatic heterocycles. The van der Waals surface area contributed by atoms with Crippen molar-refractivity contribution in [1.29, 1.82) is 0 Å². The second-order valence-corrected chi connectivity index (χ2v) is 3.62. The Morgan fingerprint density at radius 2 is 1.93 bits per heavy atom. The van der Waals surface area contributed by atoms with Crippen LogP contribution in [0.5, 0.6) is 0 Å². The molecule has 2 unspecified atom stereocenters. The third-order valence-electron chi connectivity index (χ3n) is 1.73. The average Bonchev–Trinajstić information content (AvgIpc) is 2.15. The molecule has 1 rings (SSSR count). The first-order valence-corrected chi connectivity index (χ1v) is 5.10. The third kappa shape index (κ3) is 2.90. The standard InChI is InChI=1S/C8H9NO4S/c10-9(11)8(6-14(12)13)7-4-2-1-3-5-7/h1-5,8H,6H2,(H,12,13)/p-1. The molecule has 0 heterocycles. The predicted molar refractivity (Wildman–Crippen MR) is 50.0 cm³/mol. The highest BCUT2D eigenvalue weighted by Crippen LogP contribution is 2.16. The minimum Gasteiger partial charge on any atom is -0.772 e. The van der Waals surface area contributed by atoms with Crippen LogP contribution in [0.1, 0.15) is 11.6 Å². The molecule has 0 radical (unpaired) electrons. The van der Waals surface area contributed by atoms with Crippen LogP contribution in [-0.2, 0) is 11.1 Å². The normalized spacial score (nSPS) is 14.6. The fraction of sp³-hybridized carbons (Fsp3) is 0.250. The molecule has 1 aromatic rings. The molecule has 0 amide bonds. The van der Waals surface area contributed by atoms with Crippen LogP contribution in [0.4, 0.5) is 0 Å². The van der Waals surface area contributed by atoms with Gasteiger partial charge in [0.25, 0.3) is 0 Å². The van der Waals surface area contributed by atoms with E-state index in [1.807, 2.05) is 0 Å². The highest BCUT2D eigenvalue weighted by Gasteiger charge is 2.22. The van der Waals surface area contributed by atoms with Crippen LogP contribution in [0, 0.1) is 10.1 Å². The molecule has 0 N–H and O–H groups in total. The maximum Gasteiger partial charge on any atom is 0.248 e. The largest absolute Gasteiger partial charge is 0.772 e. The monoisotopic (exact) mass is 214 g/mol. The van der Waals surface area contributed by atoms with Gasteiger partial charge < -0.3 is 4.55 Å². The van der Waals surface area contributed by atoms with E-state index >= 15 is 0 Å². The van der Waals surface area contributed by atoms with Crippen molar-refractivity contribution >= 4 is 11.1 Å². The average molecular weight is 214 g/mol. The van der Waals surface area contributed by atoms with Gasteiger partial charge >= 0.3 is 0 Å². The van der Waals surface area contributed by atoms with E-state index in [2.05, 4.69) is 0 Å². The molecule has 0 fully saturated rings. The summed E-state index contributed by atoms with van der Waals surface area (Å²) < 4.78 is 20.8. The first kappa shape index (κ1) is 10.8. The molecule has 0 saturated heterocycles. The Morgan fingerprint density at radius 3 is 2.36 bits per heavy atom. The molecule has 1 aromatic carbocycles. The minimum atomic E-state index is -2.41. The molecule has 0 aliphatic carbocycles. The van der Waals surface area contributed by atoms with E-state index in [1.54, 1.807) is 30.3 Å². The van der Waals surface area contributed by atoms with E-state index in [0.717, 1.165) is 0 Å². The van der Waals surface area contributed by atoms with Crippen LogP contribution in [0.3, 0.4) is 0 Å². The van der Waals surface area contributed by atoms with Crippen LogP contribution in [0.2, 0.25) is 0 Å². The molecule has 0 aliphatic rings. The van der Waals surface area contributed by atoms with E-state index < -0.39 is 27.8 Å². The zero-order valence-electron chi connectivity index (χ0n) is 7.16. The fourth-order valence-corrected chi connectivity index (χ4v) is 1.65. The summed E-state index contributed by atoms with van der Waals surface area (Å²) in [5.74, 6) is -0.489. The molecular weight excluding hydrogens is 206 g/mol. The molecule has 0 saturated carbocycles. The summed E-state index contributed by atoms with van der Waals surface area (Å²) in [7, 11) is 0. The lowest BCUT2D eigenvalue weighted by atomic mass is 10.1. The van der Waals surface area contributed by atoms with Gasteiger partial charge in [0, 0.05) is 10.5 Å². The van der Waals surface area contributed by atoms with Crippen LogP contribution in [0.15, 0.2) is 30.3 Å². The highest BCUT2D eigenvalue weighted by molar-refractivity contribution is 7.79. The number of nitro groups is 1. The van der Waals surface area contributed by atoms with E-state index in [0.29, 0.717) is 5.56 Å². The molecule has 76 valence electrons. The molecule has 2 atom stereocenters. The topological polar surface area (TPSA) is 83.3 Å². The van der Waals surface area contributed by atoms with E-state index in [-0.39, 0.29) is 0 Å². The van der Waals surface area contributed by atoms with Crippen LogP contribution < -0.4 is 0 Å². The maximum atomic E-state index is 10.6. The molecule has 0 spiro atoms. The lowest BCUT2D eigenvalue weighted by Gasteiger charge is -2.10. The molecular formula is C8H8NO4S-. The second-order valence-electron chi connectivity index (χ2n) is 2.68. The molecule has 0 aliphatic heterocycles. The summed E-state index contributed by atoms with van der Waals surface area (Å²) in [6.07, 6.45) is 0. The van der Waals surface area contributed by atoms with Gasteiger partial charge in [0.1, 0.15) is 0 Å². The van der Waals surface area contributed by atoms with Crippen molar-refractivity contribution in [2.24, 2.45) is 0 Å². The van der Waals surface area contributed by atoms with Gasteiger partial charge in [-0.15, -0.1) is 0 Å². The van der Waals surface area contributed by atoms with Gasteiger partial charge in [0.15, 0.2) is 0 Å². The van der Waals surface area contributed by atoms with Gasteiger partial charge in [-0.2, -0.15) is 0 Å². The Labute approximate surface area is 83.2 Å². The lowest BCUT2D eigenvalue weighted by molar-refractivity contribution is -0.523. The SMILES string of the molecule is O=[N+]([O-])C(CS(=O)[O-])c1ccccc1. The summed E-state index contributed by atoms with van der Waals surface area (Å²) in [5, 5.41) is 10.6. The Balaban J connectivity index is 2.89. The predicted octanol–water partition coefficient (Wildman–Crippen LogP) is 0.883. The zero-order valence-corrected chi connectivity index (χ0v) is 7.98. The van der Waals surface area contributed by atoms with Crippen molar-refractivity contribution in [3.05, 3.63) is 46.0 Å². The molecule has 5 nitrogen and oxygen atoms in total. The van der Waals surface area contributed by atoms with Gasteiger partial charge in [-0.05, 0) is 11.1 Å². The van der Waals surface area contributed by atoms with Crippen molar-refractivity contribution < 1.29 is 13.7 Å². The highest BCUT2D eigenvalue weighted by atomic mass is 32.2. The number of rotatable bonds is 4. The van der Waals surface area contributed by atoms with Gasteiger partial charge in [-0.25, -0.2) is 0 Å². The second kappa shape index (κ2) is 4.83. The third-order valence-corrected chi connectivity index (χ3v) is 2.32. The van der Waals surface area contributed by atoms with Crippen molar-refractivity contribution in [2.75, 3.05) is 5.75 Å². The van der Waals surface area contributed by atoms with E-state index in [4.69, 9.17) is 0 Å². The Morgan fingerprint density at radius 1 is 1.36 bits per heavy atom. The van der Waals surface area contributed by atoms with Gasteiger partial charge in [-0.3, -0.25) is 14.3 Å². The first-order chi connectivity index (χ1) is 6.61. The van der Waals surface area contributed by atoms with Gasteiger partial charge in [0.2, 0.25) is 6.04 Å². The number of hydrogen-bond donors (Lipinski definition) is 0. The fourth-order valence-electron chi connectivity index (χ4n) is 1.08.